The first kappa shape index (κ1) is 25.0. The minimum absolute atomic E-state index is 0.0658. The number of carbonyl (C=O) groups excluding carboxylic acids is 2. The molecule has 4 rings (SSSR count). The lowest BCUT2D eigenvalue weighted by Gasteiger charge is -2.17. The van der Waals surface area contributed by atoms with Gasteiger partial charge in [-0.15, -0.1) is 0 Å². The van der Waals surface area contributed by atoms with E-state index in [1.54, 1.807) is 35.9 Å². The third-order valence-corrected chi connectivity index (χ3v) is 5.96. The average molecular weight is 487 g/mol. The number of carbonyl (C=O) groups is 2. The molecule has 36 heavy (non-hydrogen) atoms. The van der Waals surface area contributed by atoms with E-state index in [1.807, 2.05) is 51.1 Å². The van der Waals surface area contributed by atoms with Crippen LogP contribution in [0.3, 0.4) is 0 Å². The number of amides is 1. The van der Waals surface area contributed by atoms with Gasteiger partial charge >= 0.3 is 5.97 Å². The first-order valence-corrected chi connectivity index (χ1v) is 12.2. The Bertz CT molecular complexity index is 1550. The van der Waals surface area contributed by atoms with Crippen LogP contribution in [-0.4, -0.2) is 32.4 Å². The van der Waals surface area contributed by atoms with Crippen LogP contribution in [0.2, 0.25) is 0 Å². The third-order valence-electron chi connectivity index (χ3n) is 5.96. The molecule has 0 aliphatic heterocycles. The van der Waals surface area contributed by atoms with Gasteiger partial charge in [-0.05, 0) is 43.0 Å². The lowest BCUT2D eigenvalue weighted by Crippen LogP contribution is -2.34. The van der Waals surface area contributed by atoms with Crippen LogP contribution in [0.15, 0.2) is 70.6 Å². The van der Waals surface area contributed by atoms with Crippen LogP contribution >= 0.6 is 0 Å². The second kappa shape index (κ2) is 10.7. The number of ether oxygens (including phenoxy) is 1. The van der Waals surface area contributed by atoms with E-state index in [-0.39, 0.29) is 40.4 Å². The number of benzene rings is 1. The highest BCUT2D eigenvalue weighted by Crippen LogP contribution is 2.21. The SMILES string of the molecule is CCOC(=O)c1cc2c(=O)n3ccccc3nc2n(CC(C)C)c1=NC(=O)[C@H](CC)c1ccccc1. The summed E-state index contributed by atoms with van der Waals surface area (Å²) in [6, 6.07) is 16.2. The topological polar surface area (TPSA) is 95.0 Å². The van der Waals surface area contributed by atoms with E-state index in [0.717, 1.165) is 5.56 Å². The van der Waals surface area contributed by atoms with E-state index >= 15 is 0 Å². The Labute approximate surface area is 208 Å². The fourth-order valence-corrected chi connectivity index (χ4v) is 4.32. The van der Waals surface area contributed by atoms with Crippen molar-refractivity contribution in [2.45, 2.75) is 46.6 Å². The summed E-state index contributed by atoms with van der Waals surface area (Å²) in [6.45, 7) is 8.19. The van der Waals surface area contributed by atoms with E-state index in [0.29, 0.717) is 24.3 Å². The molecule has 186 valence electrons. The lowest BCUT2D eigenvalue weighted by atomic mass is 9.96. The normalized spacial score (nSPS) is 12.9. The molecule has 0 fully saturated rings. The largest absolute Gasteiger partial charge is 0.462 e. The minimum Gasteiger partial charge on any atom is -0.462 e. The summed E-state index contributed by atoms with van der Waals surface area (Å²) in [5.41, 5.74) is 1.59. The molecule has 4 aromatic rings. The molecule has 0 saturated heterocycles. The van der Waals surface area contributed by atoms with Crippen molar-refractivity contribution in [2.24, 2.45) is 10.9 Å². The molecule has 0 N–H and O–H groups in total. The van der Waals surface area contributed by atoms with E-state index in [1.165, 1.54) is 10.5 Å². The molecule has 0 unspecified atom stereocenters. The number of nitrogens with zero attached hydrogens (tertiary/aromatic N) is 4. The molecule has 8 heteroatoms. The van der Waals surface area contributed by atoms with Crippen molar-refractivity contribution in [3.63, 3.8) is 0 Å². The third kappa shape index (κ3) is 4.84. The summed E-state index contributed by atoms with van der Waals surface area (Å²) >= 11 is 0. The van der Waals surface area contributed by atoms with Crippen molar-refractivity contribution in [2.75, 3.05) is 6.61 Å². The molecule has 0 bridgehead atoms. The van der Waals surface area contributed by atoms with Crippen LogP contribution in [0.5, 0.6) is 0 Å². The van der Waals surface area contributed by atoms with E-state index in [2.05, 4.69) is 4.99 Å². The molecule has 3 aromatic heterocycles. The first-order valence-electron chi connectivity index (χ1n) is 12.2. The lowest BCUT2D eigenvalue weighted by molar-refractivity contribution is -0.119. The number of hydrogen-bond acceptors (Lipinski definition) is 5. The summed E-state index contributed by atoms with van der Waals surface area (Å²) in [5, 5.41) is 0.254. The quantitative estimate of drug-likeness (QED) is 0.290. The van der Waals surface area contributed by atoms with Gasteiger partial charge < -0.3 is 9.30 Å². The summed E-state index contributed by atoms with van der Waals surface area (Å²) in [7, 11) is 0. The van der Waals surface area contributed by atoms with Crippen molar-refractivity contribution < 1.29 is 14.3 Å². The summed E-state index contributed by atoms with van der Waals surface area (Å²) in [6.07, 6.45) is 2.18. The highest BCUT2D eigenvalue weighted by atomic mass is 16.5. The summed E-state index contributed by atoms with van der Waals surface area (Å²) < 4.78 is 8.44. The minimum atomic E-state index is -0.645. The van der Waals surface area contributed by atoms with Crippen LogP contribution < -0.4 is 11.0 Å². The van der Waals surface area contributed by atoms with Gasteiger partial charge in [-0.1, -0.05) is 57.2 Å². The highest BCUT2D eigenvalue weighted by molar-refractivity contribution is 5.94. The molecule has 0 aliphatic carbocycles. The Morgan fingerprint density at radius 2 is 1.78 bits per heavy atom. The fraction of sp³-hybridized carbons (Fsp3) is 0.321. The molecule has 0 radical (unpaired) electrons. The van der Waals surface area contributed by atoms with Crippen LogP contribution in [0.4, 0.5) is 0 Å². The Kier molecular flexibility index (Phi) is 7.43. The van der Waals surface area contributed by atoms with Crippen LogP contribution in [0.25, 0.3) is 16.7 Å². The molecule has 0 spiro atoms. The van der Waals surface area contributed by atoms with Crippen LogP contribution in [0.1, 0.15) is 56.0 Å². The molecule has 0 aliphatic rings. The number of esters is 1. The van der Waals surface area contributed by atoms with Crippen LogP contribution in [-0.2, 0) is 16.1 Å². The Balaban J connectivity index is 2.09. The molecule has 3 heterocycles. The molecular formula is C28H30N4O4. The van der Waals surface area contributed by atoms with E-state index in [9.17, 15) is 14.4 Å². The second-order valence-electron chi connectivity index (χ2n) is 9.01. The van der Waals surface area contributed by atoms with E-state index < -0.39 is 11.9 Å². The van der Waals surface area contributed by atoms with Crippen molar-refractivity contribution in [1.82, 2.24) is 14.0 Å². The van der Waals surface area contributed by atoms with Gasteiger partial charge in [0, 0.05) is 12.7 Å². The molecule has 0 saturated carbocycles. The zero-order valence-corrected chi connectivity index (χ0v) is 21.0. The Morgan fingerprint density at radius 3 is 2.44 bits per heavy atom. The first-order chi connectivity index (χ1) is 17.3. The van der Waals surface area contributed by atoms with Crippen molar-refractivity contribution >= 4 is 28.6 Å². The number of pyridine rings is 2. The van der Waals surface area contributed by atoms with Crippen molar-refractivity contribution in [3.05, 3.63) is 87.8 Å². The summed E-state index contributed by atoms with van der Waals surface area (Å²) in [4.78, 5) is 49.2. The maximum absolute atomic E-state index is 13.5. The van der Waals surface area contributed by atoms with Gasteiger partial charge in [0.05, 0.1) is 17.9 Å². The zero-order chi connectivity index (χ0) is 25.8. The van der Waals surface area contributed by atoms with Crippen LogP contribution in [0, 0.1) is 5.92 Å². The Hall–Kier alpha value is -4.07. The number of fused-ring (bicyclic) bond motifs is 2. The van der Waals surface area contributed by atoms with Gasteiger partial charge in [0.15, 0.2) is 5.49 Å². The van der Waals surface area contributed by atoms with Gasteiger partial charge in [0.1, 0.15) is 16.9 Å². The van der Waals surface area contributed by atoms with Crippen molar-refractivity contribution in [1.29, 1.82) is 0 Å². The predicted octanol–water partition coefficient (Wildman–Crippen LogP) is 4.10. The molecule has 1 atom stereocenters. The number of hydrogen-bond donors (Lipinski definition) is 0. The van der Waals surface area contributed by atoms with Gasteiger partial charge in [-0.2, -0.15) is 4.99 Å². The standard InChI is InChI=1S/C28H30N4O4/c1-5-20(19-12-8-7-9-13-19)26(33)30-25-22(28(35)36-6-2)16-21-24(32(25)17-18(3)4)29-23-14-10-11-15-31(23)27(21)34/h7-16,18,20H,5-6,17H2,1-4H3/t20-/m1/s1. The maximum Gasteiger partial charge on any atom is 0.341 e. The van der Waals surface area contributed by atoms with Crippen molar-refractivity contribution in [3.8, 4) is 0 Å². The van der Waals surface area contributed by atoms with E-state index in [4.69, 9.17) is 9.72 Å². The smallest absolute Gasteiger partial charge is 0.341 e. The average Bonchev–Trinajstić information content (AvgIpc) is 2.86. The number of rotatable bonds is 7. The van der Waals surface area contributed by atoms with Gasteiger partial charge in [0.25, 0.3) is 11.5 Å². The molecule has 1 amide bonds. The molecule has 8 nitrogen and oxygen atoms in total. The van der Waals surface area contributed by atoms with Gasteiger partial charge in [-0.3, -0.25) is 14.0 Å². The molecule has 1 aromatic carbocycles. The van der Waals surface area contributed by atoms with Gasteiger partial charge in [0.2, 0.25) is 0 Å². The zero-order valence-electron chi connectivity index (χ0n) is 21.0. The van der Waals surface area contributed by atoms with Gasteiger partial charge in [-0.25, -0.2) is 9.78 Å². The maximum atomic E-state index is 13.5. The predicted molar refractivity (Wildman–Crippen MR) is 138 cm³/mol. The molecular weight excluding hydrogens is 456 g/mol. The second-order valence-corrected chi connectivity index (χ2v) is 9.01. The Morgan fingerprint density at radius 1 is 1.06 bits per heavy atom. The number of aromatic nitrogens is 3. The monoisotopic (exact) mass is 486 g/mol. The summed E-state index contributed by atoms with van der Waals surface area (Å²) in [5.74, 6) is -1.37. The highest BCUT2D eigenvalue weighted by Gasteiger charge is 2.23. The fourth-order valence-electron chi connectivity index (χ4n) is 4.32.